The SMILES string of the molecule is C#CCNC(=O)C(C)Oc1ccc2c(c1)CCC2NCC. The van der Waals surface area contributed by atoms with E-state index in [1.54, 1.807) is 6.92 Å². The number of carbonyl (C=O) groups excluding carboxylic acids is 1. The van der Waals surface area contributed by atoms with E-state index in [2.05, 4.69) is 29.5 Å². The first-order valence-electron chi connectivity index (χ1n) is 7.39. The van der Waals surface area contributed by atoms with Gasteiger partial charge in [-0.1, -0.05) is 18.9 Å². The van der Waals surface area contributed by atoms with Crippen molar-refractivity contribution in [3.8, 4) is 18.1 Å². The molecule has 4 nitrogen and oxygen atoms in total. The Hall–Kier alpha value is -1.99. The van der Waals surface area contributed by atoms with Gasteiger partial charge in [0, 0.05) is 6.04 Å². The molecule has 2 N–H and O–H groups in total. The molecule has 1 aliphatic rings. The molecule has 1 aliphatic carbocycles. The fourth-order valence-corrected chi connectivity index (χ4v) is 2.67. The Morgan fingerprint density at radius 1 is 1.57 bits per heavy atom. The Labute approximate surface area is 126 Å². The van der Waals surface area contributed by atoms with Crippen LogP contribution >= 0.6 is 0 Å². The van der Waals surface area contributed by atoms with E-state index in [0.29, 0.717) is 6.04 Å². The molecule has 0 spiro atoms. The van der Waals surface area contributed by atoms with E-state index in [0.717, 1.165) is 25.1 Å². The van der Waals surface area contributed by atoms with Crippen LogP contribution in [-0.2, 0) is 11.2 Å². The molecule has 112 valence electrons. The number of fused-ring (bicyclic) bond motifs is 1. The van der Waals surface area contributed by atoms with Crippen LogP contribution in [0.3, 0.4) is 0 Å². The zero-order valence-corrected chi connectivity index (χ0v) is 12.6. The third-order valence-corrected chi connectivity index (χ3v) is 3.69. The number of ether oxygens (including phenoxy) is 1. The van der Waals surface area contributed by atoms with Gasteiger partial charge >= 0.3 is 0 Å². The lowest BCUT2D eigenvalue weighted by Gasteiger charge is -2.16. The van der Waals surface area contributed by atoms with Gasteiger partial charge in [-0.2, -0.15) is 0 Å². The van der Waals surface area contributed by atoms with Gasteiger partial charge in [-0.3, -0.25) is 4.79 Å². The predicted octanol–water partition coefficient (Wildman–Crippen LogP) is 1.80. The van der Waals surface area contributed by atoms with Crippen molar-refractivity contribution in [3.05, 3.63) is 29.3 Å². The molecule has 0 aliphatic heterocycles. The largest absolute Gasteiger partial charge is 0.481 e. The summed E-state index contributed by atoms with van der Waals surface area (Å²) in [5.74, 6) is 2.91. The lowest BCUT2D eigenvalue weighted by atomic mass is 10.1. The Bertz CT molecular complexity index is 548. The van der Waals surface area contributed by atoms with Crippen LogP contribution in [0.25, 0.3) is 0 Å². The molecule has 2 atom stereocenters. The number of nitrogens with one attached hydrogen (secondary N) is 2. The molecule has 1 aromatic rings. The quantitative estimate of drug-likeness (QED) is 0.784. The topological polar surface area (TPSA) is 50.4 Å². The van der Waals surface area contributed by atoms with E-state index in [1.165, 1.54) is 11.1 Å². The Balaban J connectivity index is 2.00. The molecule has 0 bridgehead atoms. The zero-order valence-electron chi connectivity index (χ0n) is 12.6. The summed E-state index contributed by atoms with van der Waals surface area (Å²) in [5.41, 5.74) is 2.64. The summed E-state index contributed by atoms with van der Waals surface area (Å²) in [5, 5.41) is 6.10. The summed E-state index contributed by atoms with van der Waals surface area (Å²) in [6.07, 6.45) is 6.72. The number of amides is 1. The highest BCUT2D eigenvalue weighted by molar-refractivity contribution is 5.80. The van der Waals surface area contributed by atoms with Gasteiger partial charge in [-0.15, -0.1) is 6.42 Å². The molecule has 4 heteroatoms. The predicted molar refractivity (Wildman–Crippen MR) is 83.1 cm³/mol. The summed E-state index contributed by atoms with van der Waals surface area (Å²) in [4.78, 5) is 11.7. The normalized spacial score (nSPS) is 17.7. The van der Waals surface area contributed by atoms with Crippen molar-refractivity contribution < 1.29 is 9.53 Å². The molecule has 1 aromatic carbocycles. The molecule has 0 aromatic heterocycles. The van der Waals surface area contributed by atoms with Crippen LogP contribution in [0.5, 0.6) is 5.75 Å². The molecule has 21 heavy (non-hydrogen) atoms. The minimum Gasteiger partial charge on any atom is -0.481 e. The van der Waals surface area contributed by atoms with Gasteiger partial charge in [0.2, 0.25) is 0 Å². The van der Waals surface area contributed by atoms with E-state index in [4.69, 9.17) is 11.2 Å². The Morgan fingerprint density at radius 2 is 2.38 bits per heavy atom. The van der Waals surface area contributed by atoms with E-state index < -0.39 is 6.10 Å². The average molecular weight is 286 g/mol. The van der Waals surface area contributed by atoms with E-state index in [-0.39, 0.29) is 12.5 Å². The minimum absolute atomic E-state index is 0.195. The molecule has 0 radical (unpaired) electrons. The van der Waals surface area contributed by atoms with Gasteiger partial charge in [0.15, 0.2) is 6.10 Å². The highest BCUT2D eigenvalue weighted by Gasteiger charge is 2.22. The lowest BCUT2D eigenvalue weighted by molar-refractivity contribution is -0.126. The number of terminal acetylenes is 1. The number of hydrogen-bond acceptors (Lipinski definition) is 3. The summed E-state index contributed by atoms with van der Waals surface area (Å²) in [7, 11) is 0. The lowest BCUT2D eigenvalue weighted by Crippen LogP contribution is -2.36. The highest BCUT2D eigenvalue weighted by Crippen LogP contribution is 2.33. The van der Waals surface area contributed by atoms with Crippen LogP contribution in [0.4, 0.5) is 0 Å². The number of benzene rings is 1. The van der Waals surface area contributed by atoms with Gasteiger partial charge in [0.25, 0.3) is 5.91 Å². The van der Waals surface area contributed by atoms with Gasteiger partial charge < -0.3 is 15.4 Å². The van der Waals surface area contributed by atoms with Gasteiger partial charge in [0.1, 0.15) is 5.75 Å². The van der Waals surface area contributed by atoms with E-state index >= 15 is 0 Å². The maximum absolute atomic E-state index is 11.7. The van der Waals surface area contributed by atoms with Crippen LogP contribution in [0.15, 0.2) is 18.2 Å². The van der Waals surface area contributed by atoms with Crippen LogP contribution in [0, 0.1) is 12.3 Å². The smallest absolute Gasteiger partial charge is 0.261 e. The number of carbonyl (C=O) groups is 1. The third kappa shape index (κ3) is 3.77. The first-order valence-corrected chi connectivity index (χ1v) is 7.39. The van der Waals surface area contributed by atoms with Crippen molar-refractivity contribution in [2.24, 2.45) is 0 Å². The second kappa shape index (κ2) is 7.14. The molecule has 0 fully saturated rings. The zero-order chi connectivity index (χ0) is 15.2. The van der Waals surface area contributed by atoms with Gasteiger partial charge in [-0.05, 0) is 49.6 Å². The van der Waals surface area contributed by atoms with Gasteiger partial charge in [0.05, 0.1) is 6.54 Å². The number of aryl methyl sites for hydroxylation is 1. The second-order valence-electron chi connectivity index (χ2n) is 5.19. The monoisotopic (exact) mass is 286 g/mol. The fourth-order valence-electron chi connectivity index (χ4n) is 2.67. The minimum atomic E-state index is -0.553. The number of rotatable bonds is 6. The molecule has 1 amide bonds. The average Bonchev–Trinajstić information content (AvgIpc) is 2.87. The molecule has 0 saturated carbocycles. The maximum atomic E-state index is 11.7. The Kier molecular flexibility index (Phi) is 5.24. The molecular formula is C17H22N2O2. The van der Waals surface area contributed by atoms with Crippen LogP contribution < -0.4 is 15.4 Å². The van der Waals surface area contributed by atoms with Crippen LogP contribution in [0.2, 0.25) is 0 Å². The van der Waals surface area contributed by atoms with Crippen molar-refractivity contribution in [3.63, 3.8) is 0 Å². The standard InChI is InChI=1S/C17H22N2O2/c1-4-10-19-17(20)12(3)21-14-7-8-15-13(11-14)6-9-16(15)18-5-2/h1,7-8,11-12,16,18H,5-6,9-10H2,2-3H3,(H,19,20). The van der Waals surface area contributed by atoms with Crippen LogP contribution in [-0.4, -0.2) is 25.1 Å². The van der Waals surface area contributed by atoms with Crippen molar-refractivity contribution in [2.75, 3.05) is 13.1 Å². The second-order valence-corrected chi connectivity index (χ2v) is 5.19. The highest BCUT2D eigenvalue weighted by atomic mass is 16.5. The molecule has 0 saturated heterocycles. The first kappa shape index (κ1) is 15.4. The summed E-state index contributed by atoms with van der Waals surface area (Å²) >= 11 is 0. The fraction of sp³-hybridized carbons (Fsp3) is 0.471. The van der Waals surface area contributed by atoms with E-state index in [9.17, 15) is 4.79 Å². The van der Waals surface area contributed by atoms with Gasteiger partial charge in [-0.25, -0.2) is 0 Å². The summed E-state index contributed by atoms with van der Waals surface area (Å²) < 4.78 is 5.69. The first-order chi connectivity index (χ1) is 10.2. The molecule has 2 rings (SSSR count). The van der Waals surface area contributed by atoms with Crippen molar-refractivity contribution in [1.29, 1.82) is 0 Å². The van der Waals surface area contributed by atoms with Crippen LogP contribution in [0.1, 0.15) is 37.4 Å². The van der Waals surface area contributed by atoms with Crippen molar-refractivity contribution in [1.82, 2.24) is 10.6 Å². The van der Waals surface area contributed by atoms with E-state index in [1.807, 2.05) is 12.1 Å². The van der Waals surface area contributed by atoms with Crippen molar-refractivity contribution in [2.45, 2.75) is 38.8 Å². The summed E-state index contributed by atoms with van der Waals surface area (Å²) in [6.45, 7) is 5.03. The third-order valence-electron chi connectivity index (χ3n) is 3.69. The van der Waals surface area contributed by atoms with Crippen molar-refractivity contribution >= 4 is 5.91 Å². The number of hydrogen-bond donors (Lipinski definition) is 2. The summed E-state index contributed by atoms with van der Waals surface area (Å²) in [6, 6.07) is 6.50. The maximum Gasteiger partial charge on any atom is 0.261 e. The molecular weight excluding hydrogens is 264 g/mol. The molecule has 2 unspecified atom stereocenters. The molecule has 0 heterocycles. The Morgan fingerprint density at radius 3 is 3.10 bits per heavy atom.